The minimum Gasteiger partial charge on any atom is -0.772 e. The van der Waals surface area contributed by atoms with Crippen molar-refractivity contribution in [1.82, 2.24) is 5.32 Å². The molecule has 0 aliphatic heterocycles. The van der Waals surface area contributed by atoms with Crippen LogP contribution in [0.3, 0.4) is 0 Å². The predicted octanol–water partition coefficient (Wildman–Crippen LogP) is -1.11. The first-order valence-corrected chi connectivity index (χ1v) is 4.93. The van der Waals surface area contributed by atoms with E-state index in [-0.39, 0.29) is 18.2 Å². The molecule has 2 atom stereocenters. The fraction of sp³-hybridized carbons (Fsp3) is 0.571. The molecule has 0 radical (unpaired) electrons. The van der Waals surface area contributed by atoms with Crippen LogP contribution in [0.25, 0.3) is 0 Å². The van der Waals surface area contributed by atoms with Gasteiger partial charge in [-0.1, -0.05) is 17.7 Å². The van der Waals surface area contributed by atoms with E-state index in [1.165, 1.54) is 0 Å². The number of nitrogens with one attached hydrogen (secondary N) is 1. The molecule has 0 aromatic rings. The molecule has 6 heteroatoms. The maximum absolute atomic E-state index is 10.9. The van der Waals surface area contributed by atoms with Crippen molar-refractivity contribution in [3.63, 3.8) is 0 Å². The summed E-state index contributed by atoms with van der Waals surface area (Å²) in [6.45, 7) is 5.12. The second-order valence-corrected chi connectivity index (χ2v) is 3.66. The van der Waals surface area contributed by atoms with Gasteiger partial charge in [-0.25, -0.2) is 0 Å². The Morgan fingerprint density at radius 3 is 2.69 bits per heavy atom. The third-order valence-corrected chi connectivity index (χ3v) is 1.96. The van der Waals surface area contributed by atoms with E-state index < -0.39 is 17.1 Å². The fourth-order valence-electron chi connectivity index (χ4n) is 0.608. The highest BCUT2D eigenvalue weighted by molar-refractivity contribution is 7.79. The molecule has 3 N–H and O–H groups in total. The summed E-state index contributed by atoms with van der Waals surface area (Å²) in [5, 5.41) is 2.45. The minimum absolute atomic E-state index is 0.139. The lowest BCUT2D eigenvalue weighted by molar-refractivity contribution is -0.117. The molecule has 0 spiro atoms. The van der Waals surface area contributed by atoms with E-state index >= 15 is 0 Å². The van der Waals surface area contributed by atoms with E-state index in [4.69, 9.17) is 5.73 Å². The van der Waals surface area contributed by atoms with Crippen LogP contribution < -0.4 is 11.1 Å². The number of nitrogens with two attached hydrogens (primary N) is 1. The highest BCUT2D eigenvalue weighted by atomic mass is 32.2. The van der Waals surface area contributed by atoms with Gasteiger partial charge in [0.2, 0.25) is 5.91 Å². The summed E-state index contributed by atoms with van der Waals surface area (Å²) in [6, 6.07) is -0.568. The molecule has 0 aliphatic carbocycles. The molecule has 0 saturated carbocycles. The van der Waals surface area contributed by atoms with Gasteiger partial charge < -0.3 is 15.6 Å². The lowest BCUT2D eigenvalue weighted by atomic mass is 10.3. The van der Waals surface area contributed by atoms with Gasteiger partial charge in [-0.05, 0) is 6.92 Å². The maximum Gasteiger partial charge on any atom is 0.246 e. The van der Waals surface area contributed by atoms with Gasteiger partial charge in [0.1, 0.15) is 0 Å². The molecule has 0 saturated heterocycles. The molecule has 0 aromatic heterocycles. The van der Waals surface area contributed by atoms with Crippen molar-refractivity contribution in [1.29, 1.82) is 0 Å². The average Bonchev–Trinajstić information content (AvgIpc) is 1.98. The van der Waals surface area contributed by atoms with Crippen molar-refractivity contribution < 1.29 is 13.6 Å². The van der Waals surface area contributed by atoms with E-state index in [1.54, 1.807) is 6.92 Å². The van der Waals surface area contributed by atoms with Crippen LogP contribution in [0.15, 0.2) is 12.2 Å². The number of carbonyl (C=O) groups is 1. The Balaban J connectivity index is 3.70. The van der Waals surface area contributed by atoms with Gasteiger partial charge >= 0.3 is 0 Å². The van der Waals surface area contributed by atoms with Gasteiger partial charge in [-0.3, -0.25) is 9.00 Å². The van der Waals surface area contributed by atoms with Crippen molar-refractivity contribution >= 4 is 17.0 Å². The minimum atomic E-state index is -2.17. The summed E-state index contributed by atoms with van der Waals surface area (Å²) in [7, 11) is 0. The lowest BCUT2D eigenvalue weighted by Gasteiger charge is -2.13. The third-order valence-electron chi connectivity index (χ3n) is 1.26. The Labute approximate surface area is 79.7 Å². The zero-order valence-corrected chi connectivity index (χ0v) is 8.23. The third kappa shape index (κ3) is 6.44. The summed E-state index contributed by atoms with van der Waals surface area (Å²) < 4.78 is 20.4. The molecule has 0 aliphatic rings. The summed E-state index contributed by atoms with van der Waals surface area (Å²) in [4.78, 5) is 10.9. The van der Waals surface area contributed by atoms with Gasteiger partial charge in [-0.2, -0.15) is 0 Å². The van der Waals surface area contributed by atoms with E-state index in [2.05, 4.69) is 11.9 Å². The smallest absolute Gasteiger partial charge is 0.246 e. The normalized spacial score (nSPS) is 14.7. The average molecular weight is 205 g/mol. The number of rotatable bonds is 5. The van der Waals surface area contributed by atoms with E-state index in [1.807, 2.05) is 0 Å². The van der Waals surface area contributed by atoms with Crippen LogP contribution in [0.1, 0.15) is 6.92 Å². The van der Waals surface area contributed by atoms with Gasteiger partial charge in [0.25, 0.3) is 0 Å². The molecule has 0 fully saturated rings. The van der Waals surface area contributed by atoms with Crippen LogP contribution in [0.4, 0.5) is 0 Å². The first-order chi connectivity index (χ1) is 5.93. The van der Waals surface area contributed by atoms with E-state index in [0.717, 1.165) is 0 Å². The summed E-state index contributed by atoms with van der Waals surface area (Å²) in [5.74, 6) is -0.469. The Bertz CT molecular complexity index is 230. The molecule has 76 valence electrons. The van der Waals surface area contributed by atoms with Gasteiger partial charge in [0.15, 0.2) is 0 Å². The molecule has 0 aromatic carbocycles. The molecular weight excluding hydrogens is 192 g/mol. The summed E-state index contributed by atoms with van der Waals surface area (Å²) >= 11 is -2.17. The molecule has 2 unspecified atom stereocenters. The van der Waals surface area contributed by atoms with E-state index in [0.29, 0.717) is 5.57 Å². The number of hydrogen-bond acceptors (Lipinski definition) is 4. The molecule has 1 amide bonds. The second kappa shape index (κ2) is 5.85. The molecule has 0 bridgehead atoms. The van der Waals surface area contributed by atoms with Crippen molar-refractivity contribution in [2.75, 3.05) is 12.3 Å². The van der Waals surface area contributed by atoms with Crippen molar-refractivity contribution in [3.8, 4) is 0 Å². The summed E-state index contributed by atoms with van der Waals surface area (Å²) in [5.41, 5.74) is 5.76. The molecule has 0 heterocycles. The maximum atomic E-state index is 10.9. The lowest BCUT2D eigenvalue weighted by Crippen LogP contribution is -2.40. The van der Waals surface area contributed by atoms with Crippen molar-refractivity contribution in [3.05, 3.63) is 12.2 Å². The van der Waals surface area contributed by atoms with Gasteiger partial charge in [-0.15, -0.1) is 0 Å². The van der Waals surface area contributed by atoms with Crippen molar-refractivity contribution in [2.24, 2.45) is 5.73 Å². The summed E-state index contributed by atoms with van der Waals surface area (Å²) in [6.07, 6.45) is 0. The van der Waals surface area contributed by atoms with Crippen LogP contribution >= 0.6 is 0 Å². The monoisotopic (exact) mass is 205 g/mol. The Kier molecular flexibility index (Phi) is 5.52. The zero-order valence-electron chi connectivity index (χ0n) is 7.41. The second-order valence-electron chi connectivity index (χ2n) is 2.72. The highest BCUT2D eigenvalue weighted by Gasteiger charge is 2.05. The Hall–Kier alpha value is -0.720. The van der Waals surface area contributed by atoms with Gasteiger partial charge in [0.05, 0.1) is 0 Å². The number of amides is 1. The topological polar surface area (TPSA) is 95.2 Å². The van der Waals surface area contributed by atoms with Crippen LogP contribution in [0.5, 0.6) is 0 Å². The molecule has 5 nitrogen and oxygen atoms in total. The molecule has 0 rings (SSSR count). The van der Waals surface area contributed by atoms with Crippen LogP contribution in [0, 0.1) is 0 Å². The van der Waals surface area contributed by atoms with E-state index in [9.17, 15) is 13.6 Å². The number of carbonyl (C=O) groups excluding carboxylic acids is 1. The van der Waals surface area contributed by atoms with Crippen molar-refractivity contribution in [2.45, 2.75) is 13.0 Å². The quantitative estimate of drug-likeness (QED) is 0.439. The van der Waals surface area contributed by atoms with Crippen LogP contribution in [-0.4, -0.2) is 33.0 Å². The first kappa shape index (κ1) is 12.3. The predicted molar refractivity (Wildman–Crippen MR) is 49.6 cm³/mol. The highest BCUT2D eigenvalue weighted by Crippen LogP contribution is 1.86. The Morgan fingerprint density at radius 2 is 2.31 bits per heavy atom. The van der Waals surface area contributed by atoms with Crippen LogP contribution in [-0.2, 0) is 15.9 Å². The molecule has 13 heavy (non-hydrogen) atoms. The largest absolute Gasteiger partial charge is 0.772 e. The molecular formula is C7H13N2O3S-. The number of hydrogen-bond donors (Lipinski definition) is 2. The first-order valence-electron chi connectivity index (χ1n) is 3.68. The standard InChI is InChI=1S/C7H14N2O3S/c1-5(2)7(10)9-3-6(8)4-13(11)12/h6H,1,3-4,8H2,2H3,(H,9,10)(H,11,12)/p-1. The SMILES string of the molecule is C=C(C)C(=O)NCC(N)CS(=O)[O-]. The zero-order chi connectivity index (χ0) is 10.4. The van der Waals surface area contributed by atoms with Crippen LogP contribution in [0.2, 0.25) is 0 Å². The van der Waals surface area contributed by atoms with Gasteiger partial charge in [0, 0.05) is 23.9 Å². The fourth-order valence-corrected chi connectivity index (χ4v) is 1.08. The Morgan fingerprint density at radius 1 is 1.77 bits per heavy atom.